The van der Waals surface area contributed by atoms with Crippen LogP contribution in [0.25, 0.3) is 0 Å². The van der Waals surface area contributed by atoms with Crippen molar-refractivity contribution in [3.63, 3.8) is 0 Å². The van der Waals surface area contributed by atoms with E-state index in [9.17, 15) is 13.2 Å². The normalized spacial score (nSPS) is 22.9. The summed E-state index contributed by atoms with van der Waals surface area (Å²) in [6, 6.07) is 3.05. The molecule has 1 aromatic rings. The highest BCUT2D eigenvalue weighted by Crippen LogP contribution is 2.25. The van der Waals surface area contributed by atoms with Crippen LogP contribution in [0.5, 0.6) is 0 Å². The molecule has 1 aromatic carbocycles. The minimum atomic E-state index is -3.89. The van der Waals surface area contributed by atoms with Crippen molar-refractivity contribution in [2.24, 2.45) is 5.92 Å². The molecule has 0 bridgehead atoms. The van der Waals surface area contributed by atoms with Gasteiger partial charge in [-0.1, -0.05) is 23.2 Å². The van der Waals surface area contributed by atoms with Crippen molar-refractivity contribution in [3.8, 4) is 0 Å². The molecule has 0 aromatic heterocycles. The average molecular weight is 340 g/mol. The van der Waals surface area contributed by atoms with Crippen molar-refractivity contribution < 1.29 is 23.1 Å². The molecular weight excluding hydrogens is 329 g/mol. The molecule has 2 atom stereocenters. The molecule has 1 fully saturated rings. The monoisotopic (exact) mass is 339 g/mol. The van der Waals surface area contributed by atoms with E-state index in [0.29, 0.717) is 0 Å². The van der Waals surface area contributed by atoms with Gasteiger partial charge in [0.15, 0.2) is 0 Å². The summed E-state index contributed by atoms with van der Waals surface area (Å²) in [7, 11) is -3.89. The number of sulfonamides is 1. The summed E-state index contributed by atoms with van der Waals surface area (Å²) in [6.07, 6.45) is 0. The Balaban J connectivity index is 2.22. The van der Waals surface area contributed by atoms with Crippen molar-refractivity contribution >= 4 is 39.2 Å². The third kappa shape index (κ3) is 3.24. The van der Waals surface area contributed by atoms with Crippen molar-refractivity contribution in [3.05, 3.63) is 28.2 Å². The fraction of sp³-hybridized carbons (Fsp3) is 0.364. The number of carbonyl (C=O) groups is 1. The highest BCUT2D eigenvalue weighted by Gasteiger charge is 2.37. The SMILES string of the molecule is O=C(O)C1COCC1NS(=O)(=O)c1ccc(Cl)c(Cl)c1. The molecule has 1 heterocycles. The van der Waals surface area contributed by atoms with Crippen LogP contribution in [0.1, 0.15) is 0 Å². The summed E-state index contributed by atoms with van der Waals surface area (Å²) < 4.78 is 31.6. The van der Waals surface area contributed by atoms with E-state index in [0.717, 1.165) is 0 Å². The molecule has 9 heteroatoms. The number of rotatable bonds is 4. The number of aliphatic carboxylic acids is 1. The third-order valence-corrected chi connectivity index (χ3v) is 5.13. The van der Waals surface area contributed by atoms with Crippen LogP contribution in [0.4, 0.5) is 0 Å². The maximum absolute atomic E-state index is 12.2. The summed E-state index contributed by atoms with van der Waals surface area (Å²) in [4.78, 5) is 10.9. The Bertz CT molecular complexity index is 634. The van der Waals surface area contributed by atoms with E-state index in [4.69, 9.17) is 33.0 Å². The van der Waals surface area contributed by atoms with Gasteiger partial charge in [0.05, 0.1) is 40.1 Å². The quantitative estimate of drug-likeness (QED) is 0.864. The number of hydrogen-bond donors (Lipinski definition) is 2. The van der Waals surface area contributed by atoms with Gasteiger partial charge >= 0.3 is 5.97 Å². The lowest BCUT2D eigenvalue weighted by Gasteiger charge is -2.16. The van der Waals surface area contributed by atoms with Gasteiger partial charge in [-0.05, 0) is 18.2 Å². The summed E-state index contributed by atoms with van der Waals surface area (Å²) in [5, 5.41) is 9.32. The second kappa shape index (κ2) is 5.87. The van der Waals surface area contributed by atoms with Crippen LogP contribution < -0.4 is 4.72 Å². The molecule has 0 aliphatic carbocycles. The largest absolute Gasteiger partial charge is 0.481 e. The number of benzene rings is 1. The predicted molar refractivity (Wildman–Crippen MR) is 72.5 cm³/mol. The Morgan fingerprint density at radius 3 is 2.60 bits per heavy atom. The molecule has 2 unspecified atom stereocenters. The van der Waals surface area contributed by atoms with Gasteiger partial charge in [0.1, 0.15) is 0 Å². The van der Waals surface area contributed by atoms with Crippen LogP contribution in [0.2, 0.25) is 10.0 Å². The van der Waals surface area contributed by atoms with Gasteiger partial charge in [-0.3, -0.25) is 4.79 Å². The second-order valence-electron chi connectivity index (χ2n) is 4.29. The molecule has 0 amide bonds. The Morgan fingerprint density at radius 1 is 1.30 bits per heavy atom. The van der Waals surface area contributed by atoms with Crippen LogP contribution in [-0.2, 0) is 19.6 Å². The standard InChI is InChI=1S/C11H11Cl2NO5S/c12-8-2-1-6(3-9(8)13)20(17,18)14-10-5-19-4-7(10)11(15)16/h1-3,7,10,14H,4-5H2,(H,15,16). The molecule has 6 nitrogen and oxygen atoms in total. The molecule has 1 saturated heterocycles. The second-order valence-corrected chi connectivity index (χ2v) is 6.81. The summed E-state index contributed by atoms with van der Waals surface area (Å²) in [5.41, 5.74) is 0. The van der Waals surface area contributed by atoms with Gasteiger partial charge in [-0.15, -0.1) is 0 Å². The number of carboxylic acids is 1. The Labute approximate surface area is 125 Å². The van der Waals surface area contributed by atoms with Gasteiger partial charge in [0.2, 0.25) is 10.0 Å². The molecule has 110 valence electrons. The zero-order valence-electron chi connectivity index (χ0n) is 10.0. The molecule has 1 aliphatic heterocycles. The van der Waals surface area contributed by atoms with Crippen LogP contribution in [-0.4, -0.2) is 38.7 Å². The molecular formula is C11H11Cl2NO5S. The summed E-state index contributed by atoms with van der Waals surface area (Å²) >= 11 is 11.5. The lowest BCUT2D eigenvalue weighted by atomic mass is 10.1. The van der Waals surface area contributed by atoms with E-state index >= 15 is 0 Å². The van der Waals surface area contributed by atoms with Gasteiger partial charge < -0.3 is 9.84 Å². The molecule has 2 N–H and O–H groups in total. The highest BCUT2D eigenvalue weighted by molar-refractivity contribution is 7.89. The predicted octanol–water partition coefficient (Wildman–Crippen LogP) is 1.37. The Hall–Kier alpha value is -0.860. The van der Waals surface area contributed by atoms with Crippen LogP contribution >= 0.6 is 23.2 Å². The first-order valence-electron chi connectivity index (χ1n) is 5.59. The molecule has 20 heavy (non-hydrogen) atoms. The van der Waals surface area contributed by atoms with Crippen molar-refractivity contribution in [1.29, 1.82) is 0 Å². The number of hydrogen-bond acceptors (Lipinski definition) is 4. The first kappa shape index (κ1) is 15.5. The Morgan fingerprint density at radius 2 is 2.00 bits per heavy atom. The van der Waals surface area contributed by atoms with E-state index in [1.807, 2.05) is 0 Å². The fourth-order valence-electron chi connectivity index (χ4n) is 1.83. The average Bonchev–Trinajstić information content (AvgIpc) is 2.80. The van der Waals surface area contributed by atoms with E-state index in [1.54, 1.807) is 0 Å². The minimum Gasteiger partial charge on any atom is -0.481 e. The van der Waals surface area contributed by atoms with Gasteiger partial charge in [-0.2, -0.15) is 0 Å². The number of ether oxygens (including phenoxy) is 1. The zero-order chi connectivity index (χ0) is 14.9. The lowest BCUT2D eigenvalue weighted by Crippen LogP contribution is -2.42. The van der Waals surface area contributed by atoms with Gasteiger partial charge in [0, 0.05) is 0 Å². The van der Waals surface area contributed by atoms with Crippen LogP contribution in [0.15, 0.2) is 23.1 Å². The molecule has 1 aliphatic rings. The maximum Gasteiger partial charge on any atom is 0.310 e. The third-order valence-electron chi connectivity index (χ3n) is 2.91. The fourth-order valence-corrected chi connectivity index (χ4v) is 3.48. The Kier molecular flexibility index (Phi) is 4.55. The van der Waals surface area contributed by atoms with Crippen molar-refractivity contribution in [1.82, 2.24) is 4.72 Å². The lowest BCUT2D eigenvalue weighted by molar-refractivity contribution is -0.142. The van der Waals surface area contributed by atoms with Gasteiger partial charge in [0.25, 0.3) is 0 Å². The minimum absolute atomic E-state index is 0.0114. The molecule has 0 radical (unpaired) electrons. The van der Waals surface area contributed by atoms with Crippen molar-refractivity contribution in [2.45, 2.75) is 10.9 Å². The van der Waals surface area contributed by atoms with E-state index in [1.165, 1.54) is 18.2 Å². The first-order chi connectivity index (χ1) is 9.31. The number of carboxylic acid groups (broad SMARTS) is 1. The maximum atomic E-state index is 12.2. The number of nitrogens with one attached hydrogen (secondary N) is 1. The summed E-state index contributed by atoms with van der Waals surface area (Å²) in [5.74, 6) is -2.02. The zero-order valence-corrected chi connectivity index (χ0v) is 12.4. The molecule has 0 spiro atoms. The molecule has 0 saturated carbocycles. The van der Waals surface area contributed by atoms with E-state index in [2.05, 4.69) is 4.72 Å². The van der Waals surface area contributed by atoms with Crippen molar-refractivity contribution in [2.75, 3.05) is 13.2 Å². The summed E-state index contributed by atoms with van der Waals surface area (Å²) in [6.45, 7) is -0.0125. The highest BCUT2D eigenvalue weighted by atomic mass is 35.5. The smallest absolute Gasteiger partial charge is 0.310 e. The first-order valence-corrected chi connectivity index (χ1v) is 7.83. The van der Waals surface area contributed by atoms with E-state index in [-0.39, 0.29) is 28.2 Å². The van der Waals surface area contributed by atoms with Crippen LogP contribution in [0.3, 0.4) is 0 Å². The number of halogens is 2. The van der Waals surface area contributed by atoms with Gasteiger partial charge in [-0.25, -0.2) is 13.1 Å². The topological polar surface area (TPSA) is 92.7 Å². The van der Waals surface area contributed by atoms with E-state index < -0.39 is 28.0 Å². The molecule has 2 rings (SSSR count). The van der Waals surface area contributed by atoms with Crippen LogP contribution in [0, 0.1) is 5.92 Å².